The number of fused-ring (bicyclic) bond motifs is 2. The van der Waals surface area contributed by atoms with Gasteiger partial charge in [-0.25, -0.2) is 8.78 Å². The molecule has 0 amide bonds. The van der Waals surface area contributed by atoms with Gasteiger partial charge in [0.1, 0.15) is 17.6 Å². The van der Waals surface area contributed by atoms with Crippen molar-refractivity contribution in [2.24, 2.45) is 0 Å². The summed E-state index contributed by atoms with van der Waals surface area (Å²) in [6.07, 6.45) is 0.681. The Bertz CT molecular complexity index is 1390. The zero-order valence-corrected chi connectivity index (χ0v) is 17.0. The molecule has 0 N–H and O–H groups in total. The zero-order valence-electron chi connectivity index (χ0n) is 17.0. The van der Waals surface area contributed by atoms with Crippen LogP contribution in [0.3, 0.4) is 0 Å². The first-order valence-electron chi connectivity index (χ1n) is 9.51. The average Bonchev–Trinajstić information content (AvgIpc) is 2.76. The molecule has 0 aromatic heterocycles. The molecule has 4 rings (SSSR count). The summed E-state index contributed by atoms with van der Waals surface area (Å²) >= 11 is 0. The first-order chi connectivity index (χ1) is 15.3. The highest BCUT2D eigenvalue weighted by atomic mass is 19.1. The van der Waals surface area contributed by atoms with Crippen molar-refractivity contribution in [3.05, 3.63) is 75.4 Å². The highest BCUT2D eigenvalue weighted by molar-refractivity contribution is 6.03. The lowest BCUT2D eigenvalue weighted by atomic mass is 9.92. The van der Waals surface area contributed by atoms with E-state index in [0.29, 0.717) is 28.4 Å². The predicted molar refractivity (Wildman–Crippen MR) is 112 cm³/mol. The van der Waals surface area contributed by atoms with Gasteiger partial charge in [0.05, 0.1) is 0 Å². The number of ether oxygens (including phenoxy) is 2. The molecule has 6 nitrogen and oxygen atoms in total. The molecule has 0 radical (unpaired) electrons. The van der Waals surface area contributed by atoms with Crippen LogP contribution in [0, 0.1) is 18.6 Å². The Labute approximate surface area is 180 Å². The van der Waals surface area contributed by atoms with Gasteiger partial charge in [-0.1, -0.05) is 24.3 Å². The van der Waals surface area contributed by atoms with Crippen molar-refractivity contribution in [2.45, 2.75) is 13.8 Å². The Kier molecular flexibility index (Phi) is 5.44. The van der Waals surface area contributed by atoms with E-state index >= 15 is 0 Å². The van der Waals surface area contributed by atoms with Crippen LogP contribution in [0.15, 0.2) is 51.7 Å². The highest BCUT2D eigenvalue weighted by Crippen LogP contribution is 2.43. The van der Waals surface area contributed by atoms with E-state index in [1.807, 2.05) is 0 Å². The molecule has 0 unspecified atom stereocenters. The third-order valence-corrected chi connectivity index (χ3v) is 5.00. The van der Waals surface area contributed by atoms with E-state index in [4.69, 9.17) is 13.9 Å². The Balaban J connectivity index is 2.04. The summed E-state index contributed by atoms with van der Waals surface area (Å²) in [6, 6.07) is 9.65. The lowest BCUT2D eigenvalue weighted by Gasteiger charge is -2.18. The fraction of sp³-hybridized carbons (Fsp3) is 0.125. The van der Waals surface area contributed by atoms with Crippen LogP contribution >= 0.6 is 0 Å². The van der Waals surface area contributed by atoms with Crippen molar-refractivity contribution >= 4 is 23.2 Å². The lowest BCUT2D eigenvalue weighted by Crippen LogP contribution is -2.09. The van der Waals surface area contributed by atoms with Gasteiger partial charge in [0, 0.05) is 40.6 Å². The SMILES string of the molecule is CC(=O)OCOc1c(F)cc2c(-c3ccc(C=O)cc3)c3cc(F)c(=O)cc-3oc2c1C. The Morgan fingerprint density at radius 2 is 1.81 bits per heavy atom. The van der Waals surface area contributed by atoms with Gasteiger partial charge < -0.3 is 13.9 Å². The van der Waals surface area contributed by atoms with Crippen molar-refractivity contribution < 1.29 is 32.3 Å². The first-order valence-corrected chi connectivity index (χ1v) is 9.51. The second kappa shape index (κ2) is 8.22. The topological polar surface area (TPSA) is 82.8 Å². The maximum atomic E-state index is 15.0. The predicted octanol–water partition coefficient (Wildman–Crippen LogP) is 4.86. The second-order valence-corrected chi connectivity index (χ2v) is 7.08. The molecule has 0 saturated heterocycles. The van der Waals surface area contributed by atoms with Crippen LogP contribution in [-0.4, -0.2) is 19.0 Å². The molecule has 0 bridgehead atoms. The van der Waals surface area contributed by atoms with Crippen LogP contribution in [0.2, 0.25) is 0 Å². The number of hydrogen-bond acceptors (Lipinski definition) is 6. The normalized spacial score (nSPS) is 11.0. The number of benzene rings is 3. The third-order valence-electron chi connectivity index (χ3n) is 5.00. The standard InChI is InChI=1S/C24H16F2O6/c1-12-23-17(8-19(26)24(12)31-11-30-13(2)28)22(15-5-3-14(10-27)4-6-15)16-7-18(25)20(29)9-21(16)32-23/h3-10H,11H2,1-2H3. The lowest BCUT2D eigenvalue weighted by molar-refractivity contribution is -0.147. The van der Waals surface area contributed by atoms with Crippen molar-refractivity contribution in [3.8, 4) is 28.2 Å². The number of halogens is 2. The number of aldehydes is 1. The Morgan fingerprint density at radius 3 is 2.47 bits per heavy atom. The van der Waals surface area contributed by atoms with E-state index in [-0.39, 0.29) is 28.2 Å². The van der Waals surface area contributed by atoms with E-state index in [1.54, 1.807) is 31.2 Å². The van der Waals surface area contributed by atoms with E-state index < -0.39 is 29.8 Å². The number of rotatable bonds is 5. The van der Waals surface area contributed by atoms with Gasteiger partial charge in [0.25, 0.3) is 0 Å². The highest BCUT2D eigenvalue weighted by Gasteiger charge is 2.23. The fourth-order valence-corrected chi connectivity index (χ4v) is 3.52. The zero-order chi connectivity index (χ0) is 23.0. The number of aryl methyl sites for hydroxylation is 1. The van der Waals surface area contributed by atoms with Crippen LogP contribution in [0.5, 0.6) is 5.75 Å². The molecule has 0 atom stereocenters. The molecule has 2 aliphatic rings. The molecular weight excluding hydrogens is 422 g/mol. The molecule has 1 heterocycles. The number of carbonyl (C=O) groups is 2. The van der Waals surface area contributed by atoms with Crippen molar-refractivity contribution in [3.63, 3.8) is 0 Å². The van der Waals surface area contributed by atoms with Gasteiger partial charge in [-0.05, 0) is 24.6 Å². The molecule has 0 spiro atoms. The summed E-state index contributed by atoms with van der Waals surface area (Å²) in [5.74, 6) is -2.40. The summed E-state index contributed by atoms with van der Waals surface area (Å²) in [5, 5.41) is 0.309. The van der Waals surface area contributed by atoms with Gasteiger partial charge in [0.15, 0.2) is 17.4 Å². The summed E-state index contributed by atoms with van der Waals surface area (Å²) in [6.45, 7) is 2.24. The molecule has 2 aromatic carbocycles. The van der Waals surface area contributed by atoms with Gasteiger partial charge in [-0.2, -0.15) is 0 Å². The van der Waals surface area contributed by atoms with Gasteiger partial charge in [-0.3, -0.25) is 14.4 Å². The van der Waals surface area contributed by atoms with Crippen LogP contribution in [0.1, 0.15) is 22.8 Å². The molecule has 162 valence electrons. The minimum absolute atomic E-state index is 0.0963. The van der Waals surface area contributed by atoms with Crippen molar-refractivity contribution in [2.75, 3.05) is 6.79 Å². The van der Waals surface area contributed by atoms with Crippen molar-refractivity contribution in [1.82, 2.24) is 0 Å². The monoisotopic (exact) mass is 438 g/mol. The van der Waals surface area contributed by atoms with Crippen molar-refractivity contribution in [1.29, 1.82) is 0 Å². The minimum Gasteiger partial charge on any atom is -0.455 e. The quantitative estimate of drug-likeness (QED) is 0.192. The van der Waals surface area contributed by atoms with Gasteiger partial charge >= 0.3 is 5.97 Å². The van der Waals surface area contributed by atoms with Crippen LogP contribution in [0.25, 0.3) is 33.4 Å². The van der Waals surface area contributed by atoms with Gasteiger partial charge in [-0.15, -0.1) is 0 Å². The molecular formula is C24H16F2O6. The summed E-state index contributed by atoms with van der Waals surface area (Å²) < 4.78 is 45.0. The molecule has 32 heavy (non-hydrogen) atoms. The molecule has 1 aliphatic carbocycles. The van der Waals surface area contributed by atoms with Gasteiger partial charge in [0.2, 0.25) is 12.2 Å². The summed E-state index contributed by atoms with van der Waals surface area (Å²) in [7, 11) is 0. The third kappa shape index (κ3) is 3.71. The molecule has 0 fully saturated rings. The maximum Gasteiger partial charge on any atom is 0.305 e. The van der Waals surface area contributed by atoms with Crippen LogP contribution in [-0.2, 0) is 9.53 Å². The summed E-state index contributed by atoms with van der Waals surface area (Å²) in [4.78, 5) is 33.9. The fourth-order valence-electron chi connectivity index (χ4n) is 3.52. The maximum absolute atomic E-state index is 15.0. The smallest absolute Gasteiger partial charge is 0.305 e. The van der Waals surface area contributed by atoms with Crippen LogP contribution < -0.4 is 10.2 Å². The molecule has 1 aliphatic heterocycles. The molecule has 8 heteroatoms. The number of hydrogen-bond donors (Lipinski definition) is 0. The largest absolute Gasteiger partial charge is 0.455 e. The van der Waals surface area contributed by atoms with E-state index in [2.05, 4.69) is 0 Å². The summed E-state index contributed by atoms with van der Waals surface area (Å²) in [5.41, 5.74) is 1.29. The minimum atomic E-state index is -0.976. The van der Waals surface area contributed by atoms with E-state index in [0.717, 1.165) is 12.1 Å². The Hall–Kier alpha value is -4.07. The average molecular weight is 438 g/mol. The first kappa shape index (κ1) is 21.2. The van der Waals surface area contributed by atoms with E-state index in [1.165, 1.54) is 13.0 Å². The number of carbonyl (C=O) groups excluding carboxylic acids is 2. The molecule has 0 saturated carbocycles. The van der Waals surface area contributed by atoms with E-state index in [9.17, 15) is 23.2 Å². The second-order valence-electron chi connectivity index (χ2n) is 7.08. The van der Waals surface area contributed by atoms with Crippen LogP contribution in [0.4, 0.5) is 8.78 Å². The molecule has 2 aromatic rings. The Morgan fingerprint density at radius 1 is 1.09 bits per heavy atom. The number of esters is 1.